The first-order chi connectivity index (χ1) is 20.2. The largest absolute Gasteiger partial charge is 0.490 e. The van der Waals surface area contributed by atoms with Crippen LogP contribution in [0.15, 0.2) is 66.7 Å². The number of pyridine rings is 1. The third kappa shape index (κ3) is 7.14. The van der Waals surface area contributed by atoms with Gasteiger partial charge < -0.3 is 19.2 Å². The molecule has 1 aliphatic carbocycles. The van der Waals surface area contributed by atoms with Crippen LogP contribution in [-0.4, -0.2) is 50.4 Å². The molecule has 3 heterocycles. The van der Waals surface area contributed by atoms with E-state index in [1.165, 1.54) is 0 Å². The van der Waals surface area contributed by atoms with Crippen molar-refractivity contribution in [2.75, 3.05) is 19.4 Å². The SMILES string of the molecule is C=CCS(=C)NC(=O)c1nn(C)c(C)c1CCOC1=C(c2ccc3ncc(CNC)n3c2)C(C)C=CC(F)=C1F.CC. The molecule has 226 valence electrons. The topological polar surface area (TPSA) is 85.5 Å². The monoisotopic (exact) mass is 598 g/mol. The summed E-state index contributed by atoms with van der Waals surface area (Å²) in [5, 5.41) is 7.49. The van der Waals surface area contributed by atoms with Crippen molar-refractivity contribution in [2.45, 2.75) is 40.7 Å². The lowest BCUT2D eigenvalue weighted by Crippen LogP contribution is -2.21. The van der Waals surface area contributed by atoms with Gasteiger partial charge in [-0.05, 0) is 37.7 Å². The first-order valence-electron chi connectivity index (χ1n) is 13.8. The second kappa shape index (κ2) is 14.9. The number of carbonyl (C=O) groups is 1. The fourth-order valence-electron chi connectivity index (χ4n) is 4.62. The summed E-state index contributed by atoms with van der Waals surface area (Å²) in [6.07, 6.45) is 8.33. The number of hydrogen-bond donors (Lipinski definition) is 2. The highest BCUT2D eigenvalue weighted by atomic mass is 32.2. The van der Waals surface area contributed by atoms with Crippen LogP contribution < -0.4 is 10.0 Å². The Kier molecular flexibility index (Phi) is 11.6. The maximum Gasteiger partial charge on any atom is 0.281 e. The van der Waals surface area contributed by atoms with Crippen LogP contribution in [0.4, 0.5) is 8.78 Å². The molecule has 42 heavy (non-hydrogen) atoms. The van der Waals surface area contributed by atoms with Crippen molar-refractivity contribution >= 4 is 33.7 Å². The van der Waals surface area contributed by atoms with E-state index in [1.807, 2.05) is 57.5 Å². The molecule has 3 aromatic rings. The van der Waals surface area contributed by atoms with Gasteiger partial charge in [-0.3, -0.25) is 9.48 Å². The number of amides is 1. The van der Waals surface area contributed by atoms with Crippen LogP contribution in [0.5, 0.6) is 0 Å². The molecule has 11 heteroatoms. The zero-order valence-electron chi connectivity index (χ0n) is 25.1. The van der Waals surface area contributed by atoms with E-state index >= 15 is 4.39 Å². The number of rotatable bonds is 11. The number of nitrogens with one attached hydrogen (secondary N) is 2. The number of allylic oxidation sites excluding steroid dienone is 5. The maximum absolute atomic E-state index is 15.4. The molecule has 0 spiro atoms. The lowest BCUT2D eigenvalue weighted by atomic mass is 9.93. The predicted octanol–water partition coefficient (Wildman–Crippen LogP) is 5.98. The zero-order valence-corrected chi connectivity index (χ0v) is 25.9. The maximum atomic E-state index is 15.4. The Labute approximate surface area is 248 Å². The molecule has 0 saturated heterocycles. The zero-order chi connectivity index (χ0) is 31.0. The number of halogens is 2. The van der Waals surface area contributed by atoms with Crippen molar-refractivity contribution in [3.05, 3.63) is 95.0 Å². The van der Waals surface area contributed by atoms with Crippen LogP contribution in [-0.2, 0) is 24.8 Å². The second-order valence-corrected chi connectivity index (χ2v) is 11.0. The van der Waals surface area contributed by atoms with Gasteiger partial charge in [0.2, 0.25) is 5.83 Å². The van der Waals surface area contributed by atoms with Gasteiger partial charge in [-0.15, -0.1) is 6.58 Å². The minimum Gasteiger partial charge on any atom is -0.490 e. The quantitative estimate of drug-likeness (QED) is 0.210. The lowest BCUT2D eigenvalue weighted by Gasteiger charge is -2.19. The van der Waals surface area contributed by atoms with Gasteiger partial charge in [-0.2, -0.15) is 9.49 Å². The Balaban J connectivity index is 0.00000237. The van der Waals surface area contributed by atoms with Crippen LogP contribution in [0.2, 0.25) is 0 Å². The van der Waals surface area contributed by atoms with Gasteiger partial charge in [0.15, 0.2) is 17.3 Å². The minimum atomic E-state index is -1.07. The fourth-order valence-corrected chi connectivity index (χ4v) is 5.35. The Morgan fingerprint density at radius 1 is 1.29 bits per heavy atom. The average molecular weight is 599 g/mol. The normalized spacial score (nSPS) is 15.8. The molecule has 0 radical (unpaired) electrons. The summed E-state index contributed by atoms with van der Waals surface area (Å²) in [5.41, 5.74) is 4.56. The van der Waals surface area contributed by atoms with Crippen molar-refractivity contribution in [1.82, 2.24) is 29.2 Å². The molecule has 4 rings (SSSR count). The van der Waals surface area contributed by atoms with Crippen molar-refractivity contribution in [2.24, 2.45) is 13.0 Å². The highest BCUT2D eigenvalue weighted by Crippen LogP contribution is 2.37. The number of imidazole rings is 1. The molecule has 8 nitrogen and oxygen atoms in total. The van der Waals surface area contributed by atoms with E-state index in [4.69, 9.17) is 4.74 Å². The van der Waals surface area contributed by atoms with E-state index in [2.05, 4.69) is 32.6 Å². The highest BCUT2D eigenvalue weighted by molar-refractivity contribution is 8.12. The molecule has 0 aliphatic heterocycles. The molecule has 2 unspecified atom stereocenters. The van der Waals surface area contributed by atoms with E-state index in [1.54, 1.807) is 30.1 Å². The summed E-state index contributed by atoms with van der Waals surface area (Å²) in [5.74, 6) is 1.55. The molecule has 2 N–H and O–H groups in total. The number of carbonyl (C=O) groups excluding carboxylic acids is 1. The molecule has 0 fully saturated rings. The van der Waals surface area contributed by atoms with Gasteiger partial charge in [-0.1, -0.05) is 49.5 Å². The molecule has 0 saturated carbocycles. The number of ether oxygens (including phenoxy) is 1. The standard InChI is InChI=1S/C29H34F2N6O2S.C2H6/c1-7-14-40(6)35-29(38)27-22(19(3)36(5)34-27)12-13-39-28-25(18(2)8-10-23(30)26(28)31)20-9-11-24-33-16-21(15-32-4)37(24)17-20;1-2/h7-11,16-18,32H,1,6,12-15H2,2-5H3,(H,35,38);1-2H3. The summed E-state index contributed by atoms with van der Waals surface area (Å²) in [4.78, 5) is 17.3. The molecule has 2 atom stereocenters. The van der Waals surface area contributed by atoms with Gasteiger partial charge in [0.25, 0.3) is 5.91 Å². The molecular formula is C31H40F2N6O2S. The number of nitrogens with zero attached hydrogens (tertiary/aromatic N) is 4. The lowest BCUT2D eigenvalue weighted by molar-refractivity contribution is 0.0977. The van der Waals surface area contributed by atoms with Crippen LogP contribution in [0.3, 0.4) is 0 Å². The van der Waals surface area contributed by atoms with Crippen LogP contribution in [0.1, 0.15) is 53.8 Å². The van der Waals surface area contributed by atoms with Crippen LogP contribution >= 0.6 is 10.7 Å². The van der Waals surface area contributed by atoms with E-state index in [0.717, 1.165) is 23.1 Å². The van der Waals surface area contributed by atoms with Gasteiger partial charge in [0, 0.05) is 54.7 Å². The molecule has 1 amide bonds. The molecule has 0 bridgehead atoms. The Morgan fingerprint density at radius 3 is 2.71 bits per heavy atom. The number of aromatic nitrogens is 4. The second-order valence-electron chi connectivity index (χ2n) is 9.49. The number of fused-ring (bicyclic) bond motifs is 1. The van der Waals surface area contributed by atoms with Gasteiger partial charge in [0.1, 0.15) is 5.65 Å². The third-order valence-corrected chi connectivity index (χ3v) is 7.83. The van der Waals surface area contributed by atoms with E-state index in [0.29, 0.717) is 29.0 Å². The van der Waals surface area contributed by atoms with Crippen molar-refractivity contribution in [3.8, 4) is 0 Å². The number of hydrogen-bond acceptors (Lipinski definition) is 5. The molecule has 3 aromatic heterocycles. The van der Waals surface area contributed by atoms with Crippen LogP contribution in [0, 0.1) is 12.8 Å². The minimum absolute atomic E-state index is 0.000137. The van der Waals surface area contributed by atoms with E-state index < -0.39 is 22.3 Å². The van der Waals surface area contributed by atoms with Crippen molar-refractivity contribution in [1.29, 1.82) is 0 Å². The van der Waals surface area contributed by atoms with Gasteiger partial charge in [-0.25, -0.2) is 9.37 Å². The molecule has 0 aromatic carbocycles. The first kappa shape index (κ1) is 32.7. The summed E-state index contributed by atoms with van der Waals surface area (Å²) < 4.78 is 42.5. The van der Waals surface area contributed by atoms with E-state index in [9.17, 15) is 9.18 Å². The number of aryl methyl sites for hydroxylation is 1. The van der Waals surface area contributed by atoms with Crippen molar-refractivity contribution < 1.29 is 18.3 Å². The van der Waals surface area contributed by atoms with Gasteiger partial charge in [0.05, 0.1) is 18.5 Å². The summed E-state index contributed by atoms with van der Waals surface area (Å²) in [7, 11) is 2.95. The Hall–Kier alpha value is -3.83. The Morgan fingerprint density at radius 2 is 2.02 bits per heavy atom. The fraction of sp³-hybridized carbons (Fsp3) is 0.355. The summed E-state index contributed by atoms with van der Waals surface area (Å²) in [6.45, 7) is 12.0. The third-order valence-electron chi connectivity index (χ3n) is 6.72. The van der Waals surface area contributed by atoms with Gasteiger partial charge >= 0.3 is 0 Å². The average Bonchev–Trinajstić information content (AvgIpc) is 3.48. The highest BCUT2D eigenvalue weighted by Gasteiger charge is 2.26. The smallest absolute Gasteiger partial charge is 0.281 e. The first-order valence-corrected chi connectivity index (χ1v) is 15.4. The summed E-state index contributed by atoms with van der Waals surface area (Å²) >= 11 is 0. The summed E-state index contributed by atoms with van der Waals surface area (Å²) in [6, 6.07) is 3.67. The molecule has 1 aliphatic rings. The molecular weight excluding hydrogens is 558 g/mol. The van der Waals surface area contributed by atoms with E-state index in [-0.39, 0.29) is 36.3 Å². The predicted molar refractivity (Wildman–Crippen MR) is 169 cm³/mol. The van der Waals surface area contributed by atoms with Crippen molar-refractivity contribution in [3.63, 3.8) is 0 Å². The van der Waals surface area contributed by atoms with Crippen LogP contribution in [0.25, 0.3) is 11.2 Å². The Bertz CT molecular complexity index is 1570.